The Balaban J connectivity index is 1.35. The Morgan fingerprint density at radius 3 is 2.53 bits per heavy atom. The van der Waals surface area contributed by atoms with Crippen LogP contribution in [0.1, 0.15) is 30.7 Å². The van der Waals surface area contributed by atoms with Crippen molar-refractivity contribution in [3.63, 3.8) is 0 Å². The number of aryl methyl sites for hydroxylation is 1. The van der Waals surface area contributed by atoms with Crippen LogP contribution in [0.3, 0.4) is 0 Å². The summed E-state index contributed by atoms with van der Waals surface area (Å²) in [5.74, 6) is 0.776. The van der Waals surface area contributed by atoms with Crippen molar-refractivity contribution in [2.75, 3.05) is 18.8 Å². The van der Waals surface area contributed by atoms with E-state index in [1.54, 1.807) is 35.4 Å². The summed E-state index contributed by atoms with van der Waals surface area (Å²) in [5.41, 5.74) is 8.02. The number of amides is 1. The molecule has 0 radical (unpaired) electrons. The topological polar surface area (TPSA) is 113 Å². The maximum atomic E-state index is 13.7. The van der Waals surface area contributed by atoms with E-state index in [1.165, 1.54) is 5.56 Å². The van der Waals surface area contributed by atoms with Gasteiger partial charge in [0.05, 0.1) is 4.90 Å². The highest BCUT2D eigenvalue weighted by molar-refractivity contribution is 7.89. The van der Waals surface area contributed by atoms with Crippen molar-refractivity contribution < 1.29 is 13.2 Å². The van der Waals surface area contributed by atoms with Crippen molar-refractivity contribution >= 4 is 32.7 Å². The molecule has 36 heavy (non-hydrogen) atoms. The number of nitrogens with zero attached hydrogens (tertiary/aromatic N) is 2. The van der Waals surface area contributed by atoms with Crippen molar-refractivity contribution in [1.82, 2.24) is 19.2 Å². The van der Waals surface area contributed by atoms with Gasteiger partial charge in [-0.05, 0) is 61.1 Å². The van der Waals surface area contributed by atoms with E-state index in [0.29, 0.717) is 43.2 Å². The average molecular weight is 506 g/mol. The molecule has 2 aromatic carbocycles. The number of benzene rings is 2. The zero-order chi connectivity index (χ0) is 25.1. The number of fused-ring (bicyclic) bond motifs is 1. The van der Waals surface area contributed by atoms with Crippen LogP contribution in [0.15, 0.2) is 84.0 Å². The van der Waals surface area contributed by atoms with E-state index < -0.39 is 16.1 Å². The van der Waals surface area contributed by atoms with Gasteiger partial charge in [0.1, 0.15) is 11.9 Å². The lowest BCUT2D eigenvalue weighted by Gasteiger charge is -2.34. The first kappa shape index (κ1) is 24.1. The minimum absolute atomic E-state index is 0.155. The Morgan fingerprint density at radius 1 is 1.03 bits per heavy atom. The first-order valence-corrected chi connectivity index (χ1v) is 13.7. The second-order valence-corrected chi connectivity index (χ2v) is 11.0. The number of carbonyl (C=O) groups is 1. The van der Waals surface area contributed by atoms with Crippen molar-refractivity contribution in [2.24, 2.45) is 0 Å². The van der Waals surface area contributed by atoms with Gasteiger partial charge in [-0.2, -0.15) is 4.72 Å². The number of nitrogen functional groups attached to an aromatic ring is 1. The van der Waals surface area contributed by atoms with Gasteiger partial charge in [0, 0.05) is 42.9 Å². The molecule has 2 aromatic heterocycles. The maximum absolute atomic E-state index is 13.7. The molecule has 1 atom stereocenters. The fourth-order valence-corrected chi connectivity index (χ4v) is 6.50. The highest BCUT2D eigenvalue weighted by atomic mass is 32.2. The number of rotatable bonds is 8. The molecule has 0 saturated carbocycles. The lowest BCUT2D eigenvalue weighted by atomic mass is 9.89. The molecule has 3 heterocycles. The molecular weight excluding hydrogens is 474 g/mol. The molecule has 1 aliphatic heterocycles. The lowest BCUT2D eigenvalue weighted by molar-refractivity contribution is -0.134. The van der Waals surface area contributed by atoms with Gasteiger partial charge in [0.15, 0.2) is 0 Å². The Labute approximate surface area is 211 Å². The third-order valence-electron chi connectivity index (χ3n) is 7.04. The largest absolute Gasteiger partial charge is 0.385 e. The summed E-state index contributed by atoms with van der Waals surface area (Å²) < 4.78 is 31.5. The molecule has 9 heteroatoms. The molecule has 8 nitrogen and oxygen atoms in total. The fourth-order valence-electron chi connectivity index (χ4n) is 5.05. The maximum Gasteiger partial charge on any atom is 0.241 e. The third-order valence-corrected chi connectivity index (χ3v) is 8.57. The Bertz CT molecular complexity index is 1440. The molecule has 1 saturated heterocycles. The van der Waals surface area contributed by atoms with Crippen LogP contribution in [-0.4, -0.2) is 47.9 Å². The predicted octanol–water partition coefficient (Wildman–Crippen LogP) is 3.70. The minimum atomic E-state index is -3.95. The number of hydrogen-bond acceptors (Lipinski definition) is 4. The van der Waals surface area contributed by atoms with Crippen LogP contribution in [0.5, 0.6) is 0 Å². The third kappa shape index (κ3) is 5.03. The molecule has 1 amide bonds. The Kier molecular flexibility index (Phi) is 6.84. The van der Waals surface area contributed by atoms with Crippen LogP contribution in [-0.2, 0) is 21.4 Å². The summed E-state index contributed by atoms with van der Waals surface area (Å²) in [4.78, 5) is 18.7. The van der Waals surface area contributed by atoms with E-state index in [0.717, 1.165) is 18.4 Å². The highest BCUT2D eigenvalue weighted by Crippen LogP contribution is 2.29. The number of likely N-dealkylation sites (tertiary alicyclic amines) is 1. The molecule has 1 fully saturated rings. The van der Waals surface area contributed by atoms with E-state index in [4.69, 9.17) is 5.73 Å². The summed E-state index contributed by atoms with van der Waals surface area (Å²) in [6.07, 6.45) is 5.53. The number of carbonyl (C=O) groups excluding carboxylic acids is 1. The second-order valence-electron chi connectivity index (χ2n) is 9.29. The molecule has 5 rings (SSSR count). The summed E-state index contributed by atoms with van der Waals surface area (Å²) in [6.45, 7) is 1.61. The molecule has 0 aliphatic carbocycles. The van der Waals surface area contributed by atoms with Crippen LogP contribution in [0.25, 0.3) is 10.9 Å². The molecule has 1 aliphatic rings. The van der Waals surface area contributed by atoms with Crippen LogP contribution >= 0.6 is 0 Å². The molecule has 4 aromatic rings. The second kappa shape index (κ2) is 10.2. The smallest absolute Gasteiger partial charge is 0.241 e. The molecule has 4 N–H and O–H groups in total. The normalized spacial score (nSPS) is 15.8. The van der Waals surface area contributed by atoms with E-state index >= 15 is 0 Å². The summed E-state index contributed by atoms with van der Waals surface area (Å²) in [7, 11) is -3.95. The summed E-state index contributed by atoms with van der Waals surface area (Å²) >= 11 is 0. The molecular formula is C27H31N5O3S. The van der Waals surface area contributed by atoms with Crippen molar-refractivity contribution in [3.8, 4) is 0 Å². The zero-order valence-corrected chi connectivity index (χ0v) is 20.8. The van der Waals surface area contributed by atoms with Crippen LogP contribution in [0.4, 0.5) is 5.82 Å². The number of nitrogens with one attached hydrogen (secondary N) is 2. The van der Waals surface area contributed by atoms with Crippen LogP contribution in [0.2, 0.25) is 0 Å². The first-order valence-electron chi connectivity index (χ1n) is 12.2. The molecule has 0 bridgehead atoms. The number of nitrogens with two attached hydrogens (primary N) is 1. The summed E-state index contributed by atoms with van der Waals surface area (Å²) in [5, 5.41) is 0.592. The number of H-pyrrole nitrogens is 1. The minimum Gasteiger partial charge on any atom is -0.385 e. The zero-order valence-electron chi connectivity index (χ0n) is 20.0. The average Bonchev–Trinajstić information content (AvgIpc) is 3.55. The van der Waals surface area contributed by atoms with Gasteiger partial charge >= 0.3 is 0 Å². The van der Waals surface area contributed by atoms with Gasteiger partial charge in [0.25, 0.3) is 0 Å². The van der Waals surface area contributed by atoms with E-state index in [9.17, 15) is 13.2 Å². The number of anilines is 1. The number of aromatic nitrogens is 2. The van der Waals surface area contributed by atoms with Gasteiger partial charge in [-0.3, -0.25) is 4.79 Å². The van der Waals surface area contributed by atoms with Crippen LogP contribution in [0, 0.1) is 0 Å². The van der Waals surface area contributed by atoms with E-state index in [2.05, 4.69) is 21.8 Å². The molecule has 0 spiro atoms. The number of piperidine rings is 1. The Morgan fingerprint density at radius 2 is 1.81 bits per heavy atom. The Hall–Kier alpha value is -3.56. The predicted molar refractivity (Wildman–Crippen MR) is 141 cm³/mol. The van der Waals surface area contributed by atoms with E-state index in [1.807, 2.05) is 41.1 Å². The van der Waals surface area contributed by atoms with E-state index in [-0.39, 0.29) is 10.8 Å². The highest BCUT2D eigenvalue weighted by Gasteiger charge is 2.32. The van der Waals surface area contributed by atoms with Crippen molar-refractivity contribution in [3.05, 3.63) is 84.7 Å². The molecule has 1 unspecified atom stereocenters. The SMILES string of the molecule is Nc1cccn1CCC(NS(=O)(=O)c1cccc2[nH]ccc12)C(=O)N1CCC(c2ccccc2)CC1. The lowest BCUT2D eigenvalue weighted by Crippen LogP contribution is -2.50. The first-order chi connectivity index (χ1) is 17.4. The van der Waals surface area contributed by atoms with Crippen LogP contribution < -0.4 is 10.5 Å². The van der Waals surface area contributed by atoms with Gasteiger partial charge in [-0.1, -0.05) is 36.4 Å². The monoisotopic (exact) mass is 505 g/mol. The van der Waals surface area contributed by atoms with Gasteiger partial charge in [-0.25, -0.2) is 8.42 Å². The fraction of sp³-hybridized carbons (Fsp3) is 0.296. The quantitative estimate of drug-likeness (QED) is 0.339. The molecule has 188 valence electrons. The summed E-state index contributed by atoms with van der Waals surface area (Å²) in [6, 6.07) is 19.9. The van der Waals surface area contributed by atoms with Gasteiger partial charge < -0.3 is 20.2 Å². The van der Waals surface area contributed by atoms with Crippen molar-refractivity contribution in [2.45, 2.75) is 42.7 Å². The van der Waals surface area contributed by atoms with Crippen molar-refractivity contribution in [1.29, 1.82) is 0 Å². The standard InChI is InChI=1S/C27H31N5O3S/c28-26-10-5-16-31(26)19-14-24(30-36(34,35)25-9-4-8-23-22(25)11-15-29-23)27(33)32-17-12-21(13-18-32)20-6-2-1-3-7-20/h1-11,15-16,21,24,29-30H,12-14,17-19,28H2. The number of aromatic amines is 1. The number of hydrogen-bond donors (Lipinski definition) is 3. The van der Waals surface area contributed by atoms with Gasteiger partial charge in [0.2, 0.25) is 15.9 Å². The van der Waals surface area contributed by atoms with Gasteiger partial charge in [-0.15, -0.1) is 0 Å². The number of sulfonamides is 1.